The molecule has 5 N–H and O–H groups in total. The van der Waals surface area contributed by atoms with Crippen molar-refractivity contribution in [2.75, 3.05) is 11.9 Å². The Bertz CT molecular complexity index is 1450. The van der Waals surface area contributed by atoms with Crippen LogP contribution in [0.3, 0.4) is 0 Å². The third kappa shape index (κ3) is 18.5. The van der Waals surface area contributed by atoms with Crippen molar-refractivity contribution in [1.82, 2.24) is 10.6 Å². The second kappa shape index (κ2) is 23.1. The standard InChI is InChI=1S/C40H63N3O8/c1-7-8-12-17-31(45)22-24-33(35(46)19-13-10-9-11-14-20-37(47)51-40(4,5)6)41-25-16-15-18-34(42-29(3)44)39(49)43-30-21-23-32-28(2)26-38(48)50-36(32)27-30/h21-24,26-27,31,33-35,41,45-46H,7-20,25H2,1-6H3,(H,42,44)(H,43,49)/b24-22+/t31-,33+,34?,35+/m0/s1. The predicted molar refractivity (Wildman–Crippen MR) is 203 cm³/mol. The van der Waals surface area contributed by atoms with Crippen LogP contribution in [0.15, 0.2) is 45.6 Å². The van der Waals surface area contributed by atoms with Crippen molar-refractivity contribution >= 4 is 34.4 Å². The van der Waals surface area contributed by atoms with Gasteiger partial charge in [0.2, 0.25) is 11.8 Å². The van der Waals surface area contributed by atoms with Crippen LogP contribution in [0.25, 0.3) is 11.0 Å². The predicted octanol–water partition coefficient (Wildman–Crippen LogP) is 6.60. The van der Waals surface area contributed by atoms with Gasteiger partial charge in [-0.2, -0.15) is 0 Å². The molecule has 286 valence electrons. The molecule has 1 aromatic heterocycles. The van der Waals surface area contributed by atoms with Crippen LogP contribution >= 0.6 is 0 Å². The average Bonchev–Trinajstić information content (AvgIpc) is 3.03. The first-order chi connectivity index (χ1) is 24.2. The Morgan fingerprint density at radius 3 is 2.29 bits per heavy atom. The van der Waals surface area contributed by atoms with E-state index in [2.05, 4.69) is 22.9 Å². The van der Waals surface area contributed by atoms with Gasteiger partial charge in [-0.05, 0) is 90.5 Å². The smallest absolute Gasteiger partial charge is 0.336 e. The van der Waals surface area contributed by atoms with Crippen molar-refractivity contribution in [1.29, 1.82) is 0 Å². The van der Waals surface area contributed by atoms with E-state index in [-0.39, 0.29) is 23.8 Å². The van der Waals surface area contributed by atoms with Crippen molar-refractivity contribution in [3.63, 3.8) is 0 Å². The molecule has 2 aromatic rings. The molecule has 11 heteroatoms. The Kier molecular flexibility index (Phi) is 19.8. The highest BCUT2D eigenvalue weighted by atomic mass is 16.6. The van der Waals surface area contributed by atoms with Gasteiger partial charge in [-0.15, -0.1) is 0 Å². The van der Waals surface area contributed by atoms with Crippen molar-refractivity contribution in [3.05, 3.63) is 52.4 Å². The normalized spacial score (nSPS) is 14.3. The molecule has 51 heavy (non-hydrogen) atoms. The SMILES string of the molecule is CCCCC[C@H](O)/C=C/[C@@H](NCCCCC(NC(C)=O)C(=O)Nc1ccc2c(C)cc(=O)oc2c1)[C@H](O)CCCCCCCC(=O)OC(C)(C)C. The number of nitrogens with one attached hydrogen (secondary N) is 3. The average molecular weight is 714 g/mol. The molecule has 4 atom stereocenters. The lowest BCUT2D eigenvalue weighted by molar-refractivity contribution is -0.155. The summed E-state index contributed by atoms with van der Waals surface area (Å²) in [4.78, 5) is 48.8. The molecule has 0 saturated heterocycles. The number of anilines is 1. The zero-order chi connectivity index (χ0) is 37.8. The van der Waals surface area contributed by atoms with Gasteiger partial charge in [0.05, 0.1) is 18.2 Å². The molecule has 0 radical (unpaired) electrons. The molecule has 0 fully saturated rings. The van der Waals surface area contributed by atoms with Crippen LogP contribution in [0.4, 0.5) is 5.69 Å². The summed E-state index contributed by atoms with van der Waals surface area (Å²) in [5.74, 6) is -0.856. The molecule has 0 saturated carbocycles. The van der Waals surface area contributed by atoms with Gasteiger partial charge in [-0.25, -0.2) is 4.79 Å². The molecule has 0 aliphatic heterocycles. The minimum absolute atomic E-state index is 0.169. The van der Waals surface area contributed by atoms with Crippen molar-refractivity contribution < 1.29 is 33.8 Å². The number of benzene rings is 1. The van der Waals surface area contributed by atoms with Crippen molar-refractivity contribution in [2.45, 2.75) is 161 Å². The first-order valence-electron chi connectivity index (χ1n) is 18.8. The highest BCUT2D eigenvalue weighted by Gasteiger charge is 2.21. The van der Waals surface area contributed by atoms with E-state index < -0.39 is 29.5 Å². The number of rotatable bonds is 24. The third-order valence-electron chi connectivity index (χ3n) is 8.57. The summed E-state index contributed by atoms with van der Waals surface area (Å²) >= 11 is 0. The molecule has 2 rings (SSSR count). The molecule has 0 aliphatic carbocycles. The largest absolute Gasteiger partial charge is 0.460 e. The van der Waals surface area contributed by atoms with E-state index in [4.69, 9.17) is 9.15 Å². The number of aryl methyl sites for hydroxylation is 1. The quantitative estimate of drug-likeness (QED) is 0.0348. The number of ether oxygens (including phenoxy) is 1. The first-order valence-corrected chi connectivity index (χ1v) is 18.8. The summed E-state index contributed by atoms with van der Waals surface area (Å²) in [5, 5.41) is 31.3. The van der Waals surface area contributed by atoms with Crippen molar-refractivity contribution in [3.8, 4) is 0 Å². The second-order valence-electron chi connectivity index (χ2n) is 14.6. The molecular weight excluding hydrogens is 650 g/mol. The number of unbranched alkanes of at least 4 members (excludes halogenated alkanes) is 7. The number of fused-ring (bicyclic) bond motifs is 1. The number of carbonyl (C=O) groups excluding carboxylic acids is 3. The summed E-state index contributed by atoms with van der Waals surface area (Å²) in [6, 6.07) is 5.42. The molecule has 2 amide bonds. The van der Waals surface area contributed by atoms with E-state index in [9.17, 15) is 29.4 Å². The van der Waals surface area contributed by atoms with E-state index in [1.165, 1.54) is 13.0 Å². The summed E-state index contributed by atoms with van der Waals surface area (Å²) in [5.41, 5.74) is 0.672. The minimum atomic E-state index is -0.758. The van der Waals surface area contributed by atoms with Gasteiger partial charge in [0.1, 0.15) is 17.2 Å². The van der Waals surface area contributed by atoms with Gasteiger partial charge in [-0.3, -0.25) is 14.4 Å². The van der Waals surface area contributed by atoms with Crippen LogP contribution in [-0.2, 0) is 19.1 Å². The van der Waals surface area contributed by atoms with Crippen LogP contribution in [0.1, 0.15) is 130 Å². The molecular formula is C40H63N3O8. The molecule has 1 aromatic carbocycles. The number of carbonyl (C=O) groups is 3. The zero-order valence-corrected chi connectivity index (χ0v) is 31.7. The lowest BCUT2D eigenvalue weighted by atomic mass is 10.0. The van der Waals surface area contributed by atoms with Crippen LogP contribution < -0.4 is 21.6 Å². The first kappa shape index (κ1) is 43.6. The lowest BCUT2D eigenvalue weighted by Crippen LogP contribution is -2.43. The zero-order valence-electron chi connectivity index (χ0n) is 31.7. The van der Waals surface area contributed by atoms with Gasteiger partial charge in [0.15, 0.2) is 0 Å². The number of aliphatic hydroxyl groups is 2. The Hall–Kier alpha value is -3.54. The Morgan fingerprint density at radius 2 is 1.59 bits per heavy atom. The van der Waals surface area contributed by atoms with E-state index in [1.54, 1.807) is 24.3 Å². The summed E-state index contributed by atoms with van der Waals surface area (Å²) in [6.45, 7) is 11.5. The molecule has 1 unspecified atom stereocenters. The van der Waals surface area contributed by atoms with Crippen molar-refractivity contribution in [2.24, 2.45) is 0 Å². The van der Waals surface area contributed by atoms with Crippen LogP contribution in [0.2, 0.25) is 0 Å². The fourth-order valence-corrected chi connectivity index (χ4v) is 5.89. The summed E-state index contributed by atoms with van der Waals surface area (Å²) in [7, 11) is 0. The third-order valence-corrected chi connectivity index (χ3v) is 8.57. The van der Waals surface area contributed by atoms with Gasteiger partial charge < -0.3 is 35.3 Å². The highest BCUT2D eigenvalue weighted by Crippen LogP contribution is 2.21. The number of amides is 2. The highest BCUT2D eigenvalue weighted by molar-refractivity contribution is 5.98. The van der Waals surface area contributed by atoms with Gasteiger partial charge in [0.25, 0.3) is 0 Å². The Balaban J connectivity index is 1.88. The molecule has 0 aliphatic rings. The summed E-state index contributed by atoms with van der Waals surface area (Å²) < 4.78 is 10.7. The maximum Gasteiger partial charge on any atom is 0.336 e. The fraction of sp³-hybridized carbons (Fsp3) is 0.650. The Labute approximate surface area is 304 Å². The van der Waals surface area contributed by atoms with Gasteiger partial charge >= 0.3 is 11.6 Å². The van der Waals surface area contributed by atoms with Gasteiger partial charge in [0, 0.05) is 36.6 Å². The van der Waals surface area contributed by atoms with E-state index in [1.807, 2.05) is 33.8 Å². The molecule has 0 spiro atoms. The number of esters is 1. The van der Waals surface area contributed by atoms with Gasteiger partial charge in [-0.1, -0.05) is 64.0 Å². The van der Waals surface area contributed by atoms with Crippen LogP contribution in [0.5, 0.6) is 0 Å². The fourth-order valence-electron chi connectivity index (χ4n) is 5.89. The number of hydrogen-bond donors (Lipinski definition) is 5. The maximum atomic E-state index is 13.2. The topological polar surface area (TPSA) is 167 Å². The lowest BCUT2D eigenvalue weighted by Gasteiger charge is -2.22. The maximum absolute atomic E-state index is 13.2. The van der Waals surface area contributed by atoms with Crippen LogP contribution in [-0.4, -0.2) is 64.4 Å². The van der Waals surface area contributed by atoms with E-state index in [0.717, 1.165) is 62.3 Å². The Morgan fingerprint density at radius 1 is 0.902 bits per heavy atom. The molecule has 11 nitrogen and oxygen atoms in total. The number of aliphatic hydroxyl groups excluding tert-OH is 2. The van der Waals surface area contributed by atoms with E-state index in [0.29, 0.717) is 56.3 Å². The molecule has 0 bridgehead atoms. The van der Waals surface area contributed by atoms with Crippen LogP contribution in [0, 0.1) is 6.92 Å². The van der Waals surface area contributed by atoms with E-state index >= 15 is 0 Å². The monoisotopic (exact) mass is 713 g/mol. The number of hydrogen-bond acceptors (Lipinski definition) is 9. The summed E-state index contributed by atoms with van der Waals surface area (Å²) in [6.07, 6.45) is 13.4. The second-order valence-corrected chi connectivity index (χ2v) is 14.6. The minimum Gasteiger partial charge on any atom is -0.460 e. The molecule has 1 heterocycles.